The molecular weight excluding hydrogens is 283 g/mol. The van der Waals surface area contributed by atoms with Gasteiger partial charge >= 0.3 is 0 Å². The van der Waals surface area contributed by atoms with E-state index in [-0.39, 0.29) is 11.7 Å². The molecule has 92 valence electrons. The van der Waals surface area contributed by atoms with Crippen molar-refractivity contribution in [2.75, 3.05) is 0 Å². The summed E-state index contributed by atoms with van der Waals surface area (Å²) in [6, 6.07) is 5.02. The Bertz CT molecular complexity index is 430. The van der Waals surface area contributed by atoms with Gasteiger partial charge in [-0.15, -0.1) is 0 Å². The van der Waals surface area contributed by atoms with Gasteiger partial charge in [0.25, 0.3) is 0 Å². The molecule has 1 fully saturated rings. The van der Waals surface area contributed by atoms with Gasteiger partial charge in [-0.1, -0.05) is 19.1 Å². The largest absolute Gasteiger partial charge is 0.299 e. The van der Waals surface area contributed by atoms with Crippen molar-refractivity contribution < 1.29 is 9.18 Å². The molecule has 1 saturated carbocycles. The van der Waals surface area contributed by atoms with Crippen molar-refractivity contribution in [2.24, 2.45) is 11.8 Å². The van der Waals surface area contributed by atoms with Crippen LogP contribution in [-0.2, 0) is 11.2 Å². The zero-order valence-electron chi connectivity index (χ0n) is 9.88. The molecule has 0 aliphatic heterocycles. The first-order valence-electron chi connectivity index (χ1n) is 6.03. The highest BCUT2D eigenvalue weighted by Gasteiger charge is 2.27. The van der Waals surface area contributed by atoms with E-state index < -0.39 is 0 Å². The minimum Gasteiger partial charge on any atom is -0.299 e. The van der Waals surface area contributed by atoms with Crippen LogP contribution >= 0.6 is 15.9 Å². The lowest BCUT2D eigenvalue weighted by Crippen LogP contribution is -2.25. The summed E-state index contributed by atoms with van der Waals surface area (Å²) in [6.07, 6.45) is 3.27. The minimum absolute atomic E-state index is 0.0665. The Kier molecular flexibility index (Phi) is 3.97. The SMILES string of the molecule is CC1CCC(=O)C(Cc2cccc(F)c2Br)C1. The zero-order valence-corrected chi connectivity index (χ0v) is 11.5. The average molecular weight is 299 g/mol. The standard InChI is InChI=1S/C14H16BrFO/c1-9-5-6-13(17)11(7-9)8-10-3-2-4-12(16)14(10)15/h2-4,9,11H,5-8H2,1H3. The molecule has 0 radical (unpaired) electrons. The van der Waals surface area contributed by atoms with Gasteiger partial charge in [-0.05, 0) is 52.7 Å². The van der Waals surface area contributed by atoms with Crippen LogP contribution in [0, 0.1) is 17.7 Å². The van der Waals surface area contributed by atoms with Crippen molar-refractivity contribution in [3.63, 3.8) is 0 Å². The Morgan fingerprint density at radius 3 is 3.00 bits per heavy atom. The Hall–Kier alpha value is -0.700. The van der Waals surface area contributed by atoms with E-state index in [4.69, 9.17) is 0 Å². The predicted molar refractivity (Wildman–Crippen MR) is 69.3 cm³/mol. The highest BCUT2D eigenvalue weighted by atomic mass is 79.9. The summed E-state index contributed by atoms with van der Waals surface area (Å²) < 4.78 is 13.9. The van der Waals surface area contributed by atoms with E-state index >= 15 is 0 Å². The maximum absolute atomic E-state index is 13.4. The lowest BCUT2D eigenvalue weighted by atomic mass is 9.78. The summed E-state index contributed by atoms with van der Waals surface area (Å²) in [4.78, 5) is 11.8. The topological polar surface area (TPSA) is 17.1 Å². The van der Waals surface area contributed by atoms with Crippen molar-refractivity contribution >= 4 is 21.7 Å². The molecule has 0 spiro atoms. The van der Waals surface area contributed by atoms with Crippen LogP contribution in [0.2, 0.25) is 0 Å². The van der Waals surface area contributed by atoms with E-state index in [1.807, 2.05) is 6.07 Å². The maximum Gasteiger partial charge on any atom is 0.137 e. The van der Waals surface area contributed by atoms with Gasteiger partial charge in [0.1, 0.15) is 11.6 Å². The van der Waals surface area contributed by atoms with Crippen LogP contribution in [0.5, 0.6) is 0 Å². The quantitative estimate of drug-likeness (QED) is 0.802. The minimum atomic E-state index is -0.251. The van der Waals surface area contributed by atoms with Crippen molar-refractivity contribution in [3.8, 4) is 0 Å². The predicted octanol–water partition coefficient (Wildman–Crippen LogP) is 4.14. The molecule has 0 bridgehead atoms. The van der Waals surface area contributed by atoms with E-state index in [0.29, 0.717) is 29.0 Å². The van der Waals surface area contributed by atoms with Crippen LogP contribution < -0.4 is 0 Å². The fraction of sp³-hybridized carbons (Fsp3) is 0.500. The van der Waals surface area contributed by atoms with Gasteiger partial charge in [0.15, 0.2) is 0 Å². The number of carbonyl (C=O) groups excluding carboxylic acids is 1. The van der Waals surface area contributed by atoms with E-state index in [1.54, 1.807) is 6.07 Å². The molecule has 0 amide bonds. The number of rotatable bonds is 2. The molecule has 3 heteroatoms. The Morgan fingerprint density at radius 1 is 1.47 bits per heavy atom. The third-order valence-electron chi connectivity index (χ3n) is 3.52. The highest BCUT2D eigenvalue weighted by Crippen LogP contribution is 2.31. The van der Waals surface area contributed by atoms with Crippen molar-refractivity contribution in [3.05, 3.63) is 34.1 Å². The van der Waals surface area contributed by atoms with Gasteiger partial charge in [0.2, 0.25) is 0 Å². The smallest absolute Gasteiger partial charge is 0.137 e. The van der Waals surface area contributed by atoms with E-state index in [1.165, 1.54) is 6.07 Å². The number of ketones is 1. The molecule has 1 aromatic rings. The van der Waals surface area contributed by atoms with Gasteiger partial charge in [0, 0.05) is 12.3 Å². The summed E-state index contributed by atoms with van der Waals surface area (Å²) in [5, 5.41) is 0. The fourth-order valence-corrected chi connectivity index (χ4v) is 2.92. The number of halogens is 2. The lowest BCUT2D eigenvalue weighted by Gasteiger charge is -2.25. The van der Waals surface area contributed by atoms with Gasteiger partial charge in [0.05, 0.1) is 4.47 Å². The average Bonchev–Trinajstić information content (AvgIpc) is 2.30. The number of benzene rings is 1. The summed E-state index contributed by atoms with van der Waals surface area (Å²) >= 11 is 3.26. The summed E-state index contributed by atoms with van der Waals surface area (Å²) in [5.74, 6) is 0.750. The molecule has 2 atom stereocenters. The molecule has 1 aromatic carbocycles. The van der Waals surface area contributed by atoms with Crippen LogP contribution in [-0.4, -0.2) is 5.78 Å². The first-order valence-corrected chi connectivity index (χ1v) is 6.83. The van der Waals surface area contributed by atoms with Crippen LogP contribution in [0.25, 0.3) is 0 Å². The zero-order chi connectivity index (χ0) is 12.4. The summed E-state index contributed by atoms with van der Waals surface area (Å²) in [6.45, 7) is 2.18. The molecular formula is C14H16BrFO. The summed E-state index contributed by atoms with van der Waals surface area (Å²) in [5.41, 5.74) is 0.900. The van der Waals surface area contributed by atoms with Crippen molar-refractivity contribution in [1.82, 2.24) is 0 Å². The van der Waals surface area contributed by atoms with Crippen molar-refractivity contribution in [1.29, 1.82) is 0 Å². The molecule has 2 rings (SSSR count). The number of hydrogen-bond donors (Lipinski definition) is 0. The maximum atomic E-state index is 13.4. The first kappa shape index (κ1) is 12.7. The Balaban J connectivity index is 2.14. The number of Topliss-reactive ketones (excluding diaryl/α,β-unsaturated/α-hetero) is 1. The second kappa shape index (κ2) is 5.30. The fourth-order valence-electron chi connectivity index (χ4n) is 2.50. The van der Waals surface area contributed by atoms with Crippen LogP contribution in [0.4, 0.5) is 4.39 Å². The van der Waals surface area contributed by atoms with Crippen LogP contribution in [0.3, 0.4) is 0 Å². The second-order valence-corrected chi connectivity index (χ2v) is 5.75. The molecule has 1 nitrogen and oxygen atoms in total. The van der Waals surface area contributed by atoms with Gasteiger partial charge in [-0.25, -0.2) is 4.39 Å². The molecule has 0 aromatic heterocycles. The Morgan fingerprint density at radius 2 is 2.24 bits per heavy atom. The lowest BCUT2D eigenvalue weighted by molar-refractivity contribution is -0.125. The highest BCUT2D eigenvalue weighted by molar-refractivity contribution is 9.10. The first-order chi connectivity index (χ1) is 8.08. The molecule has 1 aliphatic rings. The molecule has 0 saturated heterocycles. The van der Waals surface area contributed by atoms with E-state index in [9.17, 15) is 9.18 Å². The van der Waals surface area contributed by atoms with Crippen LogP contribution in [0.1, 0.15) is 31.7 Å². The van der Waals surface area contributed by atoms with E-state index in [2.05, 4.69) is 22.9 Å². The molecule has 2 unspecified atom stereocenters. The Labute approximate surface area is 110 Å². The third kappa shape index (κ3) is 2.95. The number of hydrogen-bond acceptors (Lipinski definition) is 1. The third-order valence-corrected chi connectivity index (χ3v) is 4.41. The molecule has 1 aliphatic carbocycles. The normalized spacial score (nSPS) is 25.0. The molecule has 17 heavy (non-hydrogen) atoms. The monoisotopic (exact) mass is 298 g/mol. The number of carbonyl (C=O) groups is 1. The molecule has 0 heterocycles. The van der Waals surface area contributed by atoms with Gasteiger partial charge in [-0.2, -0.15) is 0 Å². The van der Waals surface area contributed by atoms with Gasteiger partial charge in [-0.3, -0.25) is 4.79 Å². The van der Waals surface area contributed by atoms with Crippen molar-refractivity contribution in [2.45, 2.75) is 32.6 Å². The van der Waals surface area contributed by atoms with Gasteiger partial charge < -0.3 is 0 Å². The second-order valence-electron chi connectivity index (χ2n) is 4.96. The van der Waals surface area contributed by atoms with E-state index in [0.717, 1.165) is 18.4 Å². The van der Waals surface area contributed by atoms with Crippen LogP contribution in [0.15, 0.2) is 22.7 Å². The summed E-state index contributed by atoms with van der Waals surface area (Å²) in [7, 11) is 0. The molecule has 0 N–H and O–H groups in total.